The van der Waals surface area contributed by atoms with Gasteiger partial charge in [-0.2, -0.15) is 0 Å². The molecular formula is C21H23N3O2+2. The summed E-state index contributed by atoms with van der Waals surface area (Å²) in [6.07, 6.45) is 7.95. The highest BCUT2D eigenvalue weighted by Gasteiger charge is 2.17. The minimum absolute atomic E-state index is 0.217. The molecule has 0 radical (unpaired) electrons. The van der Waals surface area contributed by atoms with Crippen LogP contribution in [0.1, 0.15) is 21.5 Å². The van der Waals surface area contributed by atoms with Crippen molar-refractivity contribution >= 4 is 5.97 Å². The van der Waals surface area contributed by atoms with Gasteiger partial charge in [-0.05, 0) is 6.07 Å². The maximum Gasteiger partial charge on any atom is 0.338 e. The van der Waals surface area contributed by atoms with E-state index in [4.69, 9.17) is 10.5 Å². The molecule has 26 heavy (non-hydrogen) atoms. The number of nitrogens with two attached hydrogens (primary N) is 1. The van der Waals surface area contributed by atoms with Crippen LogP contribution in [0.2, 0.25) is 0 Å². The number of benzene rings is 1. The van der Waals surface area contributed by atoms with Gasteiger partial charge in [-0.1, -0.05) is 24.3 Å². The van der Waals surface area contributed by atoms with E-state index in [9.17, 15) is 4.79 Å². The molecule has 0 atom stereocenters. The zero-order valence-corrected chi connectivity index (χ0v) is 14.6. The lowest BCUT2D eigenvalue weighted by Gasteiger charge is -2.09. The number of hydrogen-bond acceptors (Lipinski definition) is 3. The van der Waals surface area contributed by atoms with Gasteiger partial charge in [0.1, 0.15) is 6.61 Å². The molecule has 5 nitrogen and oxygen atoms in total. The fourth-order valence-corrected chi connectivity index (χ4v) is 2.77. The monoisotopic (exact) mass is 349 g/mol. The second kappa shape index (κ2) is 8.87. The van der Waals surface area contributed by atoms with Crippen molar-refractivity contribution in [3.8, 4) is 0 Å². The van der Waals surface area contributed by atoms with Crippen LogP contribution in [0.25, 0.3) is 0 Å². The van der Waals surface area contributed by atoms with Gasteiger partial charge in [0.2, 0.25) is 0 Å². The Bertz CT molecular complexity index is 852. The van der Waals surface area contributed by atoms with Crippen LogP contribution in [0.3, 0.4) is 0 Å². The first-order valence-electron chi connectivity index (χ1n) is 8.63. The van der Waals surface area contributed by atoms with Crippen molar-refractivity contribution in [3.05, 3.63) is 96.1 Å². The molecule has 0 aliphatic carbocycles. The van der Waals surface area contributed by atoms with E-state index in [-0.39, 0.29) is 12.6 Å². The Hall–Kier alpha value is -3.05. The Labute approximate surface area is 153 Å². The van der Waals surface area contributed by atoms with Crippen LogP contribution in [0.5, 0.6) is 0 Å². The first-order valence-corrected chi connectivity index (χ1v) is 8.63. The van der Waals surface area contributed by atoms with E-state index in [0.717, 1.165) is 11.1 Å². The normalized spacial score (nSPS) is 10.5. The van der Waals surface area contributed by atoms with Gasteiger partial charge in [0.25, 0.3) is 0 Å². The SMILES string of the molecule is NCCOC(=O)c1cc(C[n+]2ccccc2)ccc1C[n+]1ccccc1. The van der Waals surface area contributed by atoms with Crippen molar-refractivity contribution in [2.75, 3.05) is 13.2 Å². The third-order valence-electron chi connectivity index (χ3n) is 4.02. The smallest absolute Gasteiger partial charge is 0.338 e. The molecule has 0 saturated heterocycles. The maximum absolute atomic E-state index is 12.5. The summed E-state index contributed by atoms with van der Waals surface area (Å²) < 4.78 is 9.37. The Balaban J connectivity index is 1.88. The highest BCUT2D eigenvalue weighted by Crippen LogP contribution is 2.14. The number of pyridine rings is 2. The average Bonchev–Trinajstić information content (AvgIpc) is 2.69. The van der Waals surface area contributed by atoms with Gasteiger partial charge in [0, 0.05) is 41.9 Å². The summed E-state index contributed by atoms with van der Waals surface area (Å²) >= 11 is 0. The van der Waals surface area contributed by atoms with Crippen LogP contribution in [0.4, 0.5) is 0 Å². The van der Waals surface area contributed by atoms with Gasteiger partial charge < -0.3 is 10.5 Å². The van der Waals surface area contributed by atoms with E-state index in [1.54, 1.807) is 0 Å². The summed E-state index contributed by atoms with van der Waals surface area (Å²) in [6.45, 7) is 1.83. The zero-order chi connectivity index (χ0) is 18.2. The summed E-state index contributed by atoms with van der Waals surface area (Å²) in [7, 11) is 0. The van der Waals surface area contributed by atoms with E-state index in [0.29, 0.717) is 25.2 Å². The molecule has 3 rings (SSSR count). The van der Waals surface area contributed by atoms with Crippen molar-refractivity contribution in [2.24, 2.45) is 5.73 Å². The molecule has 0 aliphatic heterocycles. The number of carbonyl (C=O) groups is 1. The van der Waals surface area contributed by atoms with E-state index >= 15 is 0 Å². The quantitative estimate of drug-likeness (QED) is 0.519. The Morgan fingerprint density at radius 2 is 1.50 bits per heavy atom. The van der Waals surface area contributed by atoms with Crippen LogP contribution in [0, 0.1) is 0 Å². The minimum Gasteiger partial charge on any atom is -0.461 e. The number of aromatic nitrogens is 2. The molecule has 0 unspecified atom stereocenters. The molecular weight excluding hydrogens is 326 g/mol. The van der Waals surface area contributed by atoms with Crippen LogP contribution in [-0.2, 0) is 17.8 Å². The first kappa shape index (κ1) is 17.8. The van der Waals surface area contributed by atoms with Gasteiger partial charge in [-0.25, -0.2) is 13.9 Å². The Morgan fingerprint density at radius 1 is 0.885 bits per heavy atom. The van der Waals surface area contributed by atoms with Crippen LogP contribution in [0.15, 0.2) is 79.4 Å². The molecule has 0 aliphatic rings. The topological polar surface area (TPSA) is 60.1 Å². The van der Waals surface area contributed by atoms with Gasteiger partial charge in [0.15, 0.2) is 37.9 Å². The van der Waals surface area contributed by atoms with Crippen LogP contribution < -0.4 is 14.9 Å². The number of ether oxygens (including phenoxy) is 1. The average molecular weight is 349 g/mol. The molecule has 1 aromatic carbocycles. The standard InChI is InChI=1S/C21H23N3O2/c22-9-14-26-21(25)20-15-18(16-23-10-3-1-4-11-23)7-8-19(20)17-24-12-5-2-6-13-24/h1-8,10-13,15H,9,14,16-17,22H2/q+2. The molecule has 2 heterocycles. The molecule has 2 N–H and O–H groups in total. The molecule has 132 valence electrons. The third kappa shape index (κ3) is 4.74. The van der Waals surface area contributed by atoms with Crippen molar-refractivity contribution in [3.63, 3.8) is 0 Å². The molecule has 0 bridgehead atoms. The van der Waals surface area contributed by atoms with Crippen LogP contribution >= 0.6 is 0 Å². The Morgan fingerprint density at radius 3 is 2.12 bits per heavy atom. The second-order valence-corrected chi connectivity index (χ2v) is 6.01. The summed E-state index contributed by atoms with van der Waals surface area (Å²) in [5.74, 6) is -0.332. The minimum atomic E-state index is -0.332. The highest BCUT2D eigenvalue weighted by molar-refractivity contribution is 5.91. The zero-order valence-electron chi connectivity index (χ0n) is 14.6. The van der Waals surface area contributed by atoms with Crippen molar-refractivity contribution in [2.45, 2.75) is 13.1 Å². The van der Waals surface area contributed by atoms with Gasteiger partial charge in [-0.3, -0.25) is 0 Å². The van der Waals surface area contributed by atoms with E-state index in [2.05, 4.69) is 10.6 Å². The number of esters is 1. The fourth-order valence-electron chi connectivity index (χ4n) is 2.77. The van der Waals surface area contributed by atoms with E-state index in [1.165, 1.54) is 0 Å². The summed E-state index contributed by atoms with van der Waals surface area (Å²) in [5.41, 5.74) is 8.02. The van der Waals surface area contributed by atoms with E-state index < -0.39 is 0 Å². The summed E-state index contributed by atoms with van der Waals surface area (Å²) in [6, 6.07) is 17.8. The second-order valence-electron chi connectivity index (χ2n) is 6.01. The maximum atomic E-state index is 12.5. The fraction of sp³-hybridized carbons (Fsp3) is 0.190. The number of rotatable bonds is 7. The first-order chi connectivity index (χ1) is 12.8. The van der Waals surface area contributed by atoms with Crippen LogP contribution in [-0.4, -0.2) is 19.1 Å². The van der Waals surface area contributed by atoms with Gasteiger partial charge in [-0.15, -0.1) is 0 Å². The van der Waals surface area contributed by atoms with Crippen molar-refractivity contribution in [1.82, 2.24) is 0 Å². The van der Waals surface area contributed by atoms with Gasteiger partial charge >= 0.3 is 5.97 Å². The van der Waals surface area contributed by atoms with Crippen molar-refractivity contribution in [1.29, 1.82) is 0 Å². The lowest BCUT2D eigenvalue weighted by molar-refractivity contribution is -0.689. The summed E-state index contributed by atoms with van der Waals surface area (Å²) in [4.78, 5) is 12.5. The molecule has 2 aromatic heterocycles. The molecule has 0 fully saturated rings. The van der Waals surface area contributed by atoms with E-state index in [1.807, 2.05) is 77.9 Å². The highest BCUT2D eigenvalue weighted by atomic mass is 16.5. The largest absolute Gasteiger partial charge is 0.461 e. The molecule has 0 amide bonds. The Kier molecular flexibility index (Phi) is 6.06. The van der Waals surface area contributed by atoms with Gasteiger partial charge in [0.05, 0.1) is 5.56 Å². The lowest BCUT2D eigenvalue weighted by Crippen LogP contribution is -2.34. The molecule has 0 saturated carbocycles. The number of nitrogens with zero attached hydrogens (tertiary/aromatic N) is 2. The lowest BCUT2D eigenvalue weighted by atomic mass is 10.0. The molecule has 3 aromatic rings. The predicted octanol–water partition coefficient (Wildman–Crippen LogP) is 1.47. The predicted molar refractivity (Wildman–Crippen MR) is 97.3 cm³/mol. The third-order valence-corrected chi connectivity index (χ3v) is 4.02. The number of carbonyl (C=O) groups excluding carboxylic acids is 1. The molecule has 0 spiro atoms. The molecule has 5 heteroatoms. The number of hydrogen-bond donors (Lipinski definition) is 1. The summed E-state index contributed by atoms with van der Waals surface area (Å²) in [5, 5.41) is 0. The van der Waals surface area contributed by atoms with Crippen molar-refractivity contribution < 1.29 is 18.7 Å².